The van der Waals surface area contributed by atoms with E-state index in [9.17, 15) is 32.8 Å². The number of pyridine rings is 1. The van der Waals surface area contributed by atoms with Gasteiger partial charge in [-0.05, 0) is 146 Å². The summed E-state index contributed by atoms with van der Waals surface area (Å²) in [6.45, 7) is 12.0. The van der Waals surface area contributed by atoms with E-state index in [0.29, 0.717) is 48.6 Å². The number of carbonyl (C=O) groups excluding carboxylic acids is 4. The van der Waals surface area contributed by atoms with E-state index in [1.54, 1.807) is 42.7 Å². The SMILES string of the molecule is CC1(C)CCC(CN2CCN(c3ccc(C(=O)NS(=O)(=O)c4ccc(NCC5CCCN(CCC#Cc6ccc7c(c6)CN(C6CCC(=O)NC6=O)C7=O)C5)c(NO)c4)c(Oc4cnc5[nH]ccc5c4)c3)CC2)=C(c2ccc(Cl)cc2)C1. The minimum atomic E-state index is -4.47. The van der Waals surface area contributed by atoms with Crippen molar-refractivity contribution in [2.45, 2.75) is 82.7 Å². The van der Waals surface area contributed by atoms with Crippen LogP contribution in [-0.4, -0.2) is 127 Å². The van der Waals surface area contributed by atoms with E-state index >= 15 is 0 Å². The number of piperidine rings is 2. The standard InChI is InChI=1S/C62H67ClN10O8S/c1-62(2)22-20-44(52(34-62)42-9-11-46(63)12-10-42)38-71-26-28-72(29-27-71)47-13-16-51(56(32-47)81-48-31-43-21-23-64-58(43)66-36-48)59(75)69-82(79,80)49-14-17-53(54(33-49)68-78)65-35-41-7-5-25-70(37-41)24-4-3-6-40-8-15-50-45(30-40)39-73(61(50)77)55-18-19-57(74)67-60(55)76/h8-17,21,23,30-33,36,41,55,65,68,78H,4-5,7,18-20,22,24-29,34-35,37-39H2,1-2H3,(H,64,66)(H,69,75)(H,67,74,76). The van der Waals surface area contributed by atoms with Crippen molar-refractivity contribution in [3.05, 3.63) is 142 Å². The number of halogens is 1. The minimum absolute atomic E-state index is 0.00814. The fourth-order valence-electron chi connectivity index (χ4n) is 12.0. The molecule has 426 valence electrons. The van der Waals surface area contributed by atoms with Gasteiger partial charge in [0.1, 0.15) is 23.2 Å². The second-order valence-electron chi connectivity index (χ2n) is 22.8. The molecule has 6 aromatic rings. The lowest BCUT2D eigenvalue weighted by Gasteiger charge is -2.39. The summed E-state index contributed by atoms with van der Waals surface area (Å²) in [5, 5.41) is 17.5. The summed E-state index contributed by atoms with van der Waals surface area (Å²) in [7, 11) is -4.47. The van der Waals surface area contributed by atoms with Crippen molar-refractivity contribution in [3.63, 3.8) is 0 Å². The van der Waals surface area contributed by atoms with Gasteiger partial charge in [0.15, 0.2) is 0 Å². The molecule has 0 radical (unpaired) electrons. The third-order valence-electron chi connectivity index (χ3n) is 16.5. The number of likely N-dealkylation sites (tertiary alicyclic amines) is 1. The Labute approximate surface area is 482 Å². The molecule has 4 aliphatic heterocycles. The smallest absolute Gasteiger partial charge is 0.268 e. The number of H-pyrrole nitrogens is 1. The van der Waals surface area contributed by atoms with Gasteiger partial charge in [-0.1, -0.05) is 55.0 Å². The van der Waals surface area contributed by atoms with Crippen LogP contribution < -0.4 is 30.5 Å². The van der Waals surface area contributed by atoms with Gasteiger partial charge in [0, 0.05) is 111 Å². The number of ether oxygens (including phenoxy) is 1. The first-order valence-corrected chi connectivity index (χ1v) is 29.9. The average Bonchev–Trinajstić information content (AvgIpc) is 4.27. The number of aromatic nitrogens is 2. The number of hydrogen-bond donors (Lipinski definition) is 6. The van der Waals surface area contributed by atoms with Gasteiger partial charge in [-0.25, -0.2) is 18.1 Å². The number of amides is 4. The Morgan fingerprint density at radius 1 is 0.915 bits per heavy atom. The number of benzene rings is 4. The summed E-state index contributed by atoms with van der Waals surface area (Å²) in [5.74, 6) is 5.44. The van der Waals surface area contributed by atoms with Crippen LogP contribution in [0.1, 0.15) is 103 Å². The highest BCUT2D eigenvalue weighted by Gasteiger charge is 2.39. The van der Waals surface area contributed by atoms with Crippen LogP contribution >= 0.6 is 11.6 Å². The van der Waals surface area contributed by atoms with Crippen molar-refractivity contribution in [2.75, 3.05) is 74.6 Å². The van der Waals surface area contributed by atoms with Crippen LogP contribution in [0.5, 0.6) is 11.5 Å². The maximum absolute atomic E-state index is 14.2. The van der Waals surface area contributed by atoms with Gasteiger partial charge in [-0.15, -0.1) is 0 Å². The summed E-state index contributed by atoms with van der Waals surface area (Å²) >= 11 is 6.28. The summed E-state index contributed by atoms with van der Waals surface area (Å²) in [4.78, 5) is 67.4. The van der Waals surface area contributed by atoms with Crippen LogP contribution in [0.2, 0.25) is 5.02 Å². The van der Waals surface area contributed by atoms with Crippen molar-refractivity contribution < 1.29 is 37.5 Å². The topological polar surface area (TPSA) is 222 Å². The predicted molar refractivity (Wildman–Crippen MR) is 315 cm³/mol. The number of fused-ring (bicyclic) bond motifs is 2. The lowest BCUT2D eigenvalue weighted by Crippen LogP contribution is -2.52. The zero-order chi connectivity index (χ0) is 57.1. The molecule has 3 saturated heterocycles. The fraction of sp³-hybridized carbons (Fsp3) is 0.371. The Hall–Kier alpha value is -7.73. The summed E-state index contributed by atoms with van der Waals surface area (Å²) in [6, 6.07) is 26.1. The molecule has 0 saturated carbocycles. The molecule has 1 aliphatic carbocycles. The molecule has 5 aliphatic rings. The van der Waals surface area contributed by atoms with Crippen molar-refractivity contribution in [2.24, 2.45) is 11.3 Å². The molecule has 2 aromatic heterocycles. The Kier molecular flexibility index (Phi) is 16.4. The average molecular weight is 1150 g/mol. The molecule has 2 unspecified atom stereocenters. The first-order chi connectivity index (χ1) is 39.5. The van der Waals surface area contributed by atoms with Gasteiger partial charge in [0.2, 0.25) is 11.8 Å². The highest BCUT2D eigenvalue weighted by molar-refractivity contribution is 7.90. The molecule has 11 rings (SSSR count). The lowest BCUT2D eigenvalue weighted by atomic mass is 9.72. The van der Waals surface area contributed by atoms with Crippen molar-refractivity contribution >= 4 is 78.9 Å². The number of rotatable bonds is 16. The number of nitrogens with one attached hydrogen (secondary N) is 5. The number of hydrogen-bond acceptors (Lipinski definition) is 14. The third kappa shape index (κ3) is 12.8. The van der Waals surface area contributed by atoms with Crippen LogP contribution in [0.15, 0.2) is 114 Å². The van der Waals surface area contributed by atoms with Crippen molar-refractivity contribution in [1.82, 2.24) is 34.7 Å². The first-order valence-electron chi connectivity index (χ1n) is 28.1. The van der Waals surface area contributed by atoms with Crippen molar-refractivity contribution in [1.29, 1.82) is 0 Å². The molecule has 0 spiro atoms. The lowest BCUT2D eigenvalue weighted by molar-refractivity contribution is -0.136. The quantitative estimate of drug-likeness (QED) is 0.0303. The molecule has 6 N–H and O–H groups in total. The predicted octanol–water partition coefficient (Wildman–Crippen LogP) is 9.04. The number of imide groups is 1. The van der Waals surface area contributed by atoms with Crippen molar-refractivity contribution in [3.8, 4) is 23.3 Å². The van der Waals surface area contributed by atoms with Crippen LogP contribution in [0.25, 0.3) is 16.6 Å². The summed E-state index contributed by atoms with van der Waals surface area (Å²) in [5.41, 5.74) is 10.7. The second-order valence-corrected chi connectivity index (χ2v) is 24.9. The molecule has 0 bridgehead atoms. The molecular weight excluding hydrogens is 1080 g/mol. The fourth-order valence-corrected chi connectivity index (χ4v) is 13.1. The number of allylic oxidation sites excluding steroid dienone is 1. The summed E-state index contributed by atoms with van der Waals surface area (Å²) < 4.78 is 36.6. The van der Waals surface area contributed by atoms with E-state index < -0.39 is 27.9 Å². The maximum Gasteiger partial charge on any atom is 0.268 e. The van der Waals surface area contributed by atoms with E-state index in [0.717, 1.165) is 112 Å². The van der Waals surface area contributed by atoms with E-state index in [1.165, 1.54) is 33.7 Å². The monoisotopic (exact) mass is 1150 g/mol. The van der Waals surface area contributed by atoms with Gasteiger partial charge in [0.05, 0.1) is 28.0 Å². The number of nitrogens with zero attached hydrogens (tertiary/aromatic N) is 5. The number of carbonyl (C=O) groups is 4. The molecule has 18 nitrogen and oxygen atoms in total. The second kappa shape index (κ2) is 24.0. The Morgan fingerprint density at radius 2 is 1.74 bits per heavy atom. The number of anilines is 3. The first kappa shape index (κ1) is 56.1. The van der Waals surface area contributed by atoms with E-state index in [1.807, 2.05) is 36.4 Å². The van der Waals surface area contributed by atoms with E-state index in [4.69, 9.17) is 16.3 Å². The molecule has 6 heterocycles. The zero-order valence-corrected chi connectivity index (χ0v) is 47.6. The van der Waals surface area contributed by atoms with Crippen LogP contribution in [0.3, 0.4) is 0 Å². The largest absolute Gasteiger partial charge is 0.455 e. The van der Waals surface area contributed by atoms with E-state index in [2.05, 4.69) is 83.3 Å². The van der Waals surface area contributed by atoms with Crippen LogP contribution in [0, 0.1) is 23.2 Å². The number of sulfonamides is 1. The molecular formula is C62H67ClN10O8S. The Balaban J connectivity index is 0.706. The maximum atomic E-state index is 14.2. The number of piperazine rings is 1. The Morgan fingerprint density at radius 3 is 2.55 bits per heavy atom. The highest BCUT2D eigenvalue weighted by atomic mass is 35.5. The molecule has 4 aromatic carbocycles. The van der Waals surface area contributed by atoms with Gasteiger partial charge in [-0.2, -0.15) is 0 Å². The minimum Gasteiger partial charge on any atom is -0.455 e. The molecule has 20 heteroatoms. The Bertz CT molecular complexity index is 3660. The van der Waals surface area contributed by atoms with Gasteiger partial charge in [-0.3, -0.25) is 40.1 Å². The molecule has 3 fully saturated rings. The van der Waals surface area contributed by atoms with Gasteiger partial charge < -0.3 is 29.7 Å². The van der Waals surface area contributed by atoms with Crippen LogP contribution in [0.4, 0.5) is 17.1 Å². The van der Waals surface area contributed by atoms with Gasteiger partial charge in [0.25, 0.3) is 21.8 Å². The normalized spacial score (nSPS) is 19.6. The molecule has 2 atom stereocenters. The summed E-state index contributed by atoms with van der Waals surface area (Å²) in [6.07, 6.45) is 9.62. The van der Waals surface area contributed by atoms with E-state index in [-0.39, 0.29) is 51.5 Å². The molecule has 4 amide bonds. The molecule has 82 heavy (non-hydrogen) atoms. The van der Waals surface area contributed by atoms with Crippen LogP contribution in [-0.2, 0) is 26.2 Å². The van der Waals surface area contributed by atoms with Gasteiger partial charge >= 0.3 is 0 Å². The highest BCUT2D eigenvalue weighted by Crippen LogP contribution is 2.44. The third-order valence-corrected chi connectivity index (χ3v) is 18.1. The zero-order valence-electron chi connectivity index (χ0n) is 46.0. The number of aromatic amines is 1.